The van der Waals surface area contributed by atoms with Crippen LogP contribution in [0.2, 0.25) is 0 Å². The van der Waals surface area contributed by atoms with Gasteiger partial charge in [0.25, 0.3) is 0 Å². The molecule has 4 heteroatoms. The van der Waals surface area contributed by atoms with Crippen molar-refractivity contribution in [3.8, 4) is 0 Å². The van der Waals surface area contributed by atoms with Crippen molar-refractivity contribution < 1.29 is 14.7 Å². The molecule has 1 aliphatic rings. The summed E-state index contributed by atoms with van der Waals surface area (Å²) < 4.78 is 1.41. The fourth-order valence-corrected chi connectivity index (χ4v) is 0.721. The Hall–Kier alpha value is -1.19. The van der Waals surface area contributed by atoms with Crippen LogP contribution >= 0.6 is 0 Å². The summed E-state index contributed by atoms with van der Waals surface area (Å²) in [5, 5.41) is 8.94. The van der Waals surface area contributed by atoms with Gasteiger partial charge in [0.2, 0.25) is 0 Å². The molecule has 0 spiro atoms. The Bertz CT molecular complexity index is 240. The Labute approximate surface area is 58.6 Å². The highest BCUT2D eigenvalue weighted by Crippen LogP contribution is 2.21. The molecule has 4 nitrogen and oxygen atoms in total. The van der Waals surface area contributed by atoms with Gasteiger partial charge >= 0.3 is 17.6 Å². The minimum absolute atomic E-state index is 0.391. The molecule has 1 heterocycles. The molecule has 54 valence electrons. The highest BCUT2D eigenvalue weighted by molar-refractivity contribution is 5.41. The third-order valence-corrected chi connectivity index (χ3v) is 1.75. The van der Waals surface area contributed by atoms with Crippen molar-refractivity contribution in [3.63, 3.8) is 0 Å². The van der Waals surface area contributed by atoms with Crippen molar-refractivity contribution in [2.75, 3.05) is 0 Å². The van der Waals surface area contributed by atoms with Gasteiger partial charge in [-0.1, -0.05) is 0 Å². The Kier molecular flexibility index (Phi) is 1.14. The molecule has 10 heavy (non-hydrogen) atoms. The summed E-state index contributed by atoms with van der Waals surface area (Å²) in [5.74, 6) is 0. The minimum atomic E-state index is -0.714. The van der Waals surface area contributed by atoms with Crippen LogP contribution in [0.3, 0.4) is 0 Å². The van der Waals surface area contributed by atoms with Crippen LogP contribution in [-0.2, 0) is 0 Å². The average Bonchev–Trinajstić information content (AvgIpc) is 1.97. The predicted octanol–water partition coefficient (Wildman–Crippen LogP) is 0.501. The van der Waals surface area contributed by atoms with Gasteiger partial charge in [-0.3, -0.25) is 5.21 Å². The second-order valence-corrected chi connectivity index (χ2v) is 2.79. The molecule has 0 saturated carbocycles. The second kappa shape index (κ2) is 1.65. The molecular formula is C6H10N2O2+2. The summed E-state index contributed by atoms with van der Waals surface area (Å²) in [5.41, 5.74) is -0.322. The van der Waals surface area contributed by atoms with Crippen molar-refractivity contribution in [3.05, 3.63) is 17.2 Å². The number of hydrogen-bond donors (Lipinski definition) is 1. The van der Waals surface area contributed by atoms with Crippen LogP contribution in [0, 0.1) is 4.91 Å². The van der Waals surface area contributed by atoms with Crippen LogP contribution in [0.25, 0.3) is 0 Å². The quantitative estimate of drug-likeness (QED) is 0.395. The summed E-state index contributed by atoms with van der Waals surface area (Å²) in [7, 11) is 0. The summed E-state index contributed by atoms with van der Waals surface area (Å²) in [6.07, 6.45) is 1.06. The van der Waals surface area contributed by atoms with Gasteiger partial charge in [0.05, 0.1) is 4.74 Å². The van der Waals surface area contributed by atoms with E-state index < -0.39 is 5.54 Å². The fraction of sp³-hybridized carbons (Fsp3) is 0.500. The zero-order valence-corrected chi connectivity index (χ0v) is 6.03. The maximum atomic E-state index is 10.9. The van der Waals surface area contributed by atoms with Crippen molar-refractivity contribution in [2.24, 2.45) is 0 Å². The second-order valence-electron chi connectivity index (χ2n) is 2.79. The number of hydroxylamine groups is 1. The molecule has 1 rings (SSSR count). The smallest absolute Gasteiger partial charge is 0.279 e. The molecule has 0 atom stereocenters. The van der Waals surface area contributed by atoms with E-state index >= 15 is 0 Å². The van der Waals surface area contributed by atoms with E-state index in [1.165, 1.54) is 0 Å². The molecule has 0 aromatic rings. The van der Waals surface area contributed by atoms with Crippen LogP contribution < -0.4 is 0 Å². The zero-order chi connectivity index (χ0) is 7.94. The van der Waals surface area contributed by atoms with E-state index in [4.69, 9.17) is 5.21 Å². The average molecular weight is 142 g/mol. The minimum Gasteiger partial charge on any atom is -0.279 e. The maximum absolute atomic E-state index is 10.9. The molecule has 0 saturated heterocycles. The zero-order valence-electron chi connectivity index (χ0n) is 6.03. The van der Waals surface area contributed by atoms with E-state index in [0.717, 1.165) is 11.1 Å². The van der Waals surface area contributed by atoms with Gasteiger partial charge in [-0.05, 0) is 6.58 Å². The van der Waals surface area contributed by atoms with Crippen molar-refractivity contribution >= 4 is 6.34 Å². The summed E-state index contributed by atoms with van der Waals surface area (Å²) in [6.45, 7) is 6.92. The molecule has 1 aliphatic heterocycles. The molecule has 1 N–H and O–H groups in total. The fourth-order valence-electron chi connectivity index (χ4n) is 0.721. The standard InChI is InChI=1S/C6H10N2O2/c1-5-6(2,3)8(10)4-7(5)9/h4,9H,1H2,2-3H3/q+2. The molecule has 0 aromatic heterocycles. The summed E-state index contributed by atoms with van der Waals surface area (Å²) in [6, 6.07) is 0. The van der Waals surface area contributed by atoms with E-state index in [1.807, 2.05) is 0 Å². The lowest BCUT2D eigenvalue weighted by atomic mass is 10.0. The number of hydrogen-bond acceptors (Lipinski definition) is 2. The van der Waals surface area contributed by atoms with Gasteiger partial charge in [-0.25, -0.2) is 0 Å². The van der Waals surface area contributed by atoms with Gasteiger partial charge in [0.1, 0.15) is 4.76 Å². The van der Waals surface area contributed by atoms with E-state index in [9.17, 15) is 4.91 Å². The number of rotatable bonds is 0. The first kappa shape index (κ1) is 6.92. The summed E-state index contributed by atoms with van der Waals surface area (Å²) in [4.78, 5) is 10.9. The van der Waals surface area contributed by atoms with E-state index in [2.05, 4.69) is 6.58 Å². The highest BCUT2D eigenvalue weighted by Gasteiger charge is 2.54. The molecule has 0 amide bonds. The van der Waals surface area contributed by atoms with Crippen molar-refractivity contribution in [1.29, 1.82) is 0 Å². The van der Waals surface area contributed by atoms with E-state index in [-0.39, 0.29) is 0 Å². The largest absolute Gasteiger partial charge is 0.502 e. The van der Waals surface area contributed by atoms with Crippen molar-refractivity contribution in [2.45, 2.75) is 19.4 Å². The molecule has 0 radical (unpaired) electrons. The van der Waals surface area contributed by atoms with E-state index in [0.29, 0.717) is 10.5 Å². The van der Waals surface area contributed by atoms with Crippen LogP contribution in [-0.4, -0.2) is 26.6 Å². The summed E-state index contributed by atoms with van der Waals surface area (Å²) >= 11 is 0. The van der Waals surface area contributed by atoms with Crippen LogP contribution in [0.15, 0.2) is 12.3 Å². The monoisotopic (exact) mass is 142 g/mol. The predicted molar refractivity (Wildman–Crippen MR) is 35.0 cm³/mol. The lowest BCUT2D eigenvalue weighted by molar-refractivity contribution is -0.735. The van der Waals surface area contributed by atoms with Crippen LogP contribution in [0.5, 0.6) is 0 Å². The van der Waals surface area contributed by atoms with Gasteiger partial charge in [-0.2, -0.15) is 0 Å². The van der Waals surface area contributed by atoms with Crippen LogP contribution in [0.4, 0.5) is 0 Å². The van der Waals surface area contributed by atoms with Crippen molar-refractivity contribution in [1.82, 2.24) is 0 Å². The number of nitroso groups, excluding NO2 is 1. The first-order chi connectivity index (χ1) is 4.46. The molecule has 0 fully saturated rings. The molecule has 0 aliphatic carbocycles. The topological polar surface area (TPSA) is 43.3 Å². The third kappa shape index (κ3) is 0.650. The number of nitrogens with zero attached hydrogens (tertiary/aromatic N) is 2. The lowest BCUT2D eigenvalue weighted by Gasteiger charge is -1.99. The molecular weight excluding hydrogens is 132 g/mol. The first-order valence-electron chi connectivity index (χ1n) is 2.95. The van der Waals surface area contributed by atoms with E-state index in [1.54, 1.807) is 13.8 Å². The Morgan fingerprint density at radius 3 is 2.30 bits per heavy atom. The molecule has 0 bridgehead atoms. The molecule has 0 aromatic carbocycles. The Morgan fingerprint density at radius 1 is 1.70 bits per heavy atom. The third-order valence-electron chi connectivity index (χ3n) is 1.75. The van der Waals surface area contributed by atoms with Gasteiger partial charge in [0.15, 0.2) is 0 Å². The maximum Gasteiger partial charge on any atom is 0.502 e. The van der Waals surface area contributed by atoms with Gasteiger partial charge in [0, 0.05) is 18.8 Å². The Morgan fingerprint density at radius 2 is 2.20 bits per heavy atom. The van der Waals surface area contributed by atoms with Gasteiger partial charge < -0.3 is 0 Å². The highest BCUT2D eigenvalue weighted by atomic mass is 16.5. The SMILES string of the molecule is C=C1[N+](O)=C[N+](=O)C1(C)C. The van der Waals surface area contributed by atoms with Gasteiger partial charge in [-0.15, -0.1) is 0 Å². The lowest BCUT2D eigenvalue weighted by Crippen LogP contribution is -2.30. The first-order valence-corrected chi connectivity index (χ1v) is 2.95. The Balaban J connectivity index is 3.10. The molecule has 0 unspecified atom stereocenters. The van der Waals surface area contributed by atoms with Crippen LogP contribution in [0.1, 0.15) is 13.8 Å². The normalized spacial score (nSPS) is 23.2.